The summed E-state index contributed by atoms with van der Waals surface area (Å²) in [5.41, 5.74) is 0. The van der Waals surface area contributed by atoms with Crippen LogP contribution < -0.4 is 5.32 Å². The number of rotatable bonds is 4. The average molecular weight is 200 g/mol. The molecule has 0 amide bonds. The number of aliphatic hydroxyl groups excluding tert-OH is 1. The SMILES string of the molecule is OCCNCN1CN2CCCN(C2)C1. The Morgan fingerprint density at radius 2 is 1.79 bits per heavy atom. The highest BCUT2D eigenvalue weighted by Crippen LogP contribution is 2.12. The smallest absolute Gasteiger partial charge is 0.0556 e. The van der Waals surface area contributed by atoms with Crippen LogP contribution in [-0.4, -0.2) is 72.7 Å². The Kier molecular flexibility index (Phi) is 3.72. The fourth-order valence-corrected chi connectivity index (χ4v) is 2.20. The molecule has 0 aromatic rings. The summed E-state index contributed by atoms with van der Waals surface area (Å²) in [4.78, 5) is 7.31. The van der Waals surface area contributed by atoms with Crippen molar-refractivity contribution in [2.24, 2.45) is 0 Å². The Morgan fingerprint density at radius 1 is 1.07 bits per heavy atom. The van der Waals surface area contributed by atoms with Crippen molar-refractivity contribution in [3.63, 3.8) is 0 Å². The molecule has 0 radical (unpaired) electrons. The Hall–Kier alpha value is -0.200. The normalized spacial score (nSPS) is 33.2. The molecular formula is C9H20N4O. The molecule has 0 aromatic carbocycles. The van der Waals surface area contributed by atoms with Gasteiger partial charge in [0, 0.05) is 19.6 Å². The number of hydrogen-bond acceptors (Lipinski definition) is 5. The topological polar surface area (TPSA) is 42.0 Å². The zero-order chi connectivity index (χ0) is 9.80. The second-order valence-electron chi connectivity index (χ2n) is 4.12. The van der Waals surface area contributed by atoms with Gasteiger partial charge in [-0.3, -0.25) is 14.7 Å². The molecule has 2 aliphatic rings. The zero-order valence-electron chi connectivity index (χ0n) is 8.65. The van der Waals surface area contributed by atoms with Gasteiger partial charge in [-0.1, -0.05) is 0 Å². The van der Waals surface area contributed by atoms with E-state index in [1.54, 1.807) is 0 Å². The maximum Gasteiger partial charge on any atom is 0.0556 e. The van der Waals surface area contributed by atoms with Crippen LogP contribution in [0.5, 0.6) is 0 Å². The number of nitrogens with zero attached hydrogens (tertiary/aromatic N) is 3. The lowest BCUT2D eigenvalue weighted by atomic mass is 10.3. The fraction of sp³-hybridized carbons (Fsp3) is 1.00. The van der Waals surface area contributed by atoms with E-state index in [0.29, 0.717) is 6.54 Å². The lowest BCUT2D eigenvalue weighted by molar-refractivity contribution is -0.0584. The van der Waals surface area contributed by atoms with Crippen molar-refractivity contribution in [3.8, 4) is 0 Å². The van der Waals surface area contributed by atoms with E-state index in [0.717, 1.165) is 26.7 Å². The van der Waals surface area contributed by atoms with E-state index in [1.807, 2.05) is 0 Å². The third-order valence-electron chi connectivity index (χ3n) is 2.77. The Bertz CT molecular complexity index is 166. The zero-order valence-corrected chi connectivity index (χ0v) is 8.65. The van der Waals surface area contributed by atoms with E-state index >= 15 is 0 Å². The summed E-state index contributed by atoms with van der Waals surface area (Å²) < 4.78 is 0. The van der Waals surface area contributed by atoms with E-state index < -0.39 is 0 Å². The predicted molar refractivity (Wildman–Crippen MR) is 54.4 cm³/mol. The van der Waals surface area contributed by atoms with E-state index in [4.69, 9.17) is 5.11 Å². The fourth-order valence-electron chi connectivity index (χ4n) is 2.20. The largest absolute Gasteiger partial charge is 0.395 e. The lowest BCUT2D eigenvalue weighted by Crippen LogP contribution is -2.59. The molecule has 0 aromatic heterocycles. The first-order valence-corrected chi connectivity index (χ1v) is 5.37. The van der Waals surface area contributed by atoms with Crippen LogP contribution in [0.4, 0.5) is 0 Å². The highest BCUT2D eigenvalue weighted by molar-refractivity contribution is 4.73. The van der Waals surface area contributed by atoms with Crippen molar-refractivity contribution < 1.29 is 5.11 Å². The summed E-state index contributed by atoms with van der Waals surface area (Å²) in [5.74, 6) is 0. The highest BCUT2D eigenvalue weighted by atomic mass is 16.3. The molecule has 0 saturated carbocycles. The molecule has 2 atom stereocenters. The number of fused-ring (bicyclic) bond motifs is 2. The van der Waals surface area contributed by atoms with Crippen molar-refractivity contribution in [1.29, 1.82) is 0 Å². The molecule has 0 aliphatic carbocycles. The van der Waals surface area contributed by atoms with Crippen LogP contribution >= 0.6 is 0 Å². The second-order valence-corrected chi connectivity index (χ2v) is 4.12. The third kappa shape index (κ3) is 2.65. The van der Waals surface area contributed by atoms with E-state index in [-0.39, 0.29) is 6.61 Å². The maximum absolute atomic E-state index is 8.66. The molecule has 0 spiro atoms. The molecule has 2 aliphatic heterocycles. The van der Waals surface area contributed by atoms with Crippen molar-refractivity contribution in [3.05, 3.63) is 0 Å². The number of nitrogens with one attached hydrogen (secondary N) is 1. The van der Waals surface area contributed by atoms with Crippen LogP contribution in [0, 0.1) is 0 Å². The molecule has 82 valence electrons. The van der Waals surface area contributed by atoms with Gasteiger partial charge in [-0.15, -0.1) is 0 Å². The Balaban J connectivity index is 1.72. The molecule has 2 fully saturated rings. The van der Waals surface area contributed by atoms with Gasteiger partial charge in [-0.05, 0) is 6.42 Å². The minimum absolute atomic E-state index is 0.223. The Labute approximate surface area is 85.3 Å². The van der Waals surface area contributed by atoms with Crippen LogP contribution in [0.3, 0.4) is 0 Å². The monoisotopic (exact) mass is 200 g/mol. The van der Waals surface area contributed by atoms with E-state index in [2.05, 4.69) is 20.0 Å². The first-order chi connectivity index (χ1) is 6.88. The molecule has 5 nitrogen and oxygen atoms in total. The molecular weight excluding hydrogens is 180 g/mol. The van der Waals surface area contributed by atoms with Crippen LogP contribution in [0.1, 0.15) is 6.42 Å². The Morgan fingerprint density at radius 3 is 2.43 bits per heavy atom. The first-order valence-electron chi connectivity index (χ1n) is 5.37. The van der Waals surface area contributed by atoms with Crippen molar-refractivity contribution in [2.45, 2.75) is 6.42 Å². The number of aliphatic hydroxyl groups is 1. The average Bonchev–Trinajstić information content (AvgIpc) is 2.18. The van der Waals surface area contributed by atoms with E-state index in [1.165, 1.54) is 19.5 Å². The quantitative estimate of drug-likeness (QED) is 0.553. The van der Waals surface area contributed by atoms with Crippen molar-refractivity contribution in [1.82, 2.24) is 20.0 Å². The summed E-state index contributed by atoms with van der Waals surface area (Å²) in [6, 6.07) is 0. The lowest BCUT2D eigenvalue weighted by Gasteiger charge is -2.45. The summed E-state index contributed by atoms with van der Waals surface area (Å²) >= 11 is 0. The molecule has 14 heavy (non-hydrogen) atoms. The van der Waals surface area contributed by atoms with Crippen LogP contribution in [0.25, 0.3) is 0 Å². The van der Waals surface area contributed by atoms with Gasteiger partial charge in [0.15, 0.2) is 0 Å². The van der Waals surface area contributed by atoms with Gasteiger partial charge in [-0.2, -0.15) is 0 Å². The van der Waals surface area contributed by atoms with Gasteiger partial charge >= 0.3 is 0 Å². The minimum Gasteiger partial charge on any atom is -0.395 e. The number of hydrogen-bond donors (Lipinski definition) is 2. The maximum atomic E-state index is 8.66. The van der Waals surface area contributed by atoms with Gasteiger partial charge in [0.2, 0.25) is 0 Å². The van der Waals surface area contributed by atoms with Crippen molar-refractivity contribution >= 4 is 0 Å². The summed E-state index contributed by atoms with van der Waals surface area (Å²) in [5, 5.41) is 11.9. The summed E-state index contributed by atoms with van der Waals surface area (Å²) in [6.45, 7) is 7.52. The highest BCUT2D eigenvalue weighted by Gasteiger charge is 2.25. The molecule has 2 saturated heterocycles. The molecule has 2 rings (SSSR count). The molecule has 2 unspecified atom stereocenters. The third-order valence-corrected chi connectivity index (χ3v) is 2.77. The van der Waals surface area contributed by atoms with Gasteiger partial charge in [0.1, 0.15) is 0 Å². The predicted octanol–water partition coefficient (Wildman–Crippen LogP) is -1.28. The van der Waals surface area contributed by atoms with Gasteiger partial charge in [0.25, 0.3) is 0 Å². The van der Waals surface area contributed by atoms with Gasteiger partial charge in [0.05, 0.1) is 33.3 Å². The minimum atomic E-state index is 0.223. The van der Waals surface area contributed by atoms with E-state index in [9.17, 15) is 0 Å². The van der Waals surface area contributed by atoms with Gasteiger partial charge in [-0.25, -0.2) is 0 Å². The van der Waals surface area contributed by atoms with Crippen LogP contribution in [0.2, 0.25) is 0 Å². The standard InChI is InChI=1S/C9H20N4O/c14-5-2-10-6-13-8-11-3-1-4-12(7-11)9-13/h10,14H,1-9H2. The molecule has 5 heteroatoms. The second kappa shape index (κ2) is 5.04. The molecule has 2 heterocycles. The summed E-state index contributed by atoms with van der Waals surface area (Å²) in [7, 11) is 0. The van der Waals surface area contributed by atoms with Crippen LogP contribution in [0.15, 0.2) is 0 Å². The van der Waals surface area contributed by atoms with Crippen LogP contribution in [-0.2, 0) is 0 Å². The molecule has 2 bridgehead atoms. The first kappa shape index (κ1) is 10.3. The summed E-state index contributed by atoms with van der Waals surface area (Å²) in [6.07, 6.45) is 1.30. The van der Waals surface area contributed by atoms with Gasteiger partial charge < -0.3 is 10.4 Å². The van der Waals surface area contributed by atoms with Crippen molar-refractivity contribution in [2.75, 3.05) is 52.9 Å². The molecule has 2 N–H and O–H groups in total.